The van der Waals surface area contributed by atoms with E-state index in [0.29, 0.717) is 13.1 Å². The van der Waals surface area contributed by atoms with E-state index in [-0.39, 0.29) is 94.3 Å². The Morgan fingerprint density at radius 3 is 2.00 bits per heavy atom. The fourth-order valence-corrected chi connectivity index (χ4v) is 6.46. The van der Waals surface area contributed by atoms with Crippen molar-refractivity contribution < 1.29 is 27.5 Å². The number of hydrogen-bond donors (Lipinski definition) is 4. The first-order chi connectivity index (χ1) is 28.1. The van der Waals surface area contributed by atoms with Crippen LogP contribution >= 0.6 is 0 Å². The molecule has 2 aliphatic rings. The Morgan fingerprint density at radius 1 is 0.741 bits per heavy atom. The SMILES string of the molecule is CC(c1ncccn1)C1CN(C(=O)Nc2nc(-c3ccc(Nc4ccc(-c5ccc(F)cc5F)nc4NC(=O)N4CC(Oc5ncccn5)C4)cc3F)ccc2N)C1. The number of carbonyl (C=O) groups is 2. The fourth-order valence-electron chi connectivity index (χ4n) is 6.46. The van der Waals surface area contributed by atoms with Gasteiger partial charge in [-0.2, -0.15) is 0 Å². The predicted octanol–water partition coefficient (Wildman–Crippen LogP) is 6.70. The Balaban J connectivity index is 0.962. The molecule has 2 saturated heterocycles. The standard InChI is InChI=1S/C40H35F3N12O3/c1-22(35-45-12-2-13-46-35)23-18-54(19-23)39(56)52-36-31(44)8-9-32(50-36)28-7-5-25(17-30(28)43)49-34-11-10-33(27-6-4-24(41)16-29(27)42)51-37(34)53-40(57)55-20-26(21-55)58-38-47-14-3-15-48-38/h2-17,22-23,26,49H,18-21,44H2,1H3,(H,50,52,56)(H,51,53,57). The van der Waals surface area contributed by atoms with Gasteiger partial charge in [0.05, 0.1) is 35.9 Å². The molecule has 294 valence electrons. The van der Waals surface area contributed by atoms with Crippen molar-refractivity contribution in [3.05, 3.63) is 121 Å². The van der Waals surface area contributed by atoms with Crippen LogP contribution in [0.3, 0.4) is 0 Å². The summed E-state index contributed by atoms with van der Waals surface area (Å²) in [6.07, 6.45) is 6.14. The van der Waals surface area contributed by atoms with Crippen LogP contribution in [0.1, 0.15) is 18.7 Å². The highest BCUT2D eigenvalue weighted by Gasteiger charge is 2.36. The van der Waals surface area contributed by atoms with Crippen molar-refractivity contribution in [1.29, 1.82) is 0 Å². The summed E-state index contributed by atoms with van der Waals surface area (Å²) in [6.45, 7) is 3.49. The van der Waals surface area contributed by atoms with E-state index in [9.17, 15) is 18.4 Å². The molecule has 15 nitrogen and oxygen atoms in total. The Bertz CT molecular complexity index is 2470. The summed E-state index contributed by atoms with van der Waals surface area (Å²) in [5.74, 6) is -1.18. The van der Waals surface area contributed by atoms with Crippen LogP contribution in [-0.2, 0) is 0 Å². The third kappa shape index (κ3) is 8.11. The minimum atomic E-state index is -0.841. The quantitative estimate of drug-likeness (QED) is 0.116. The van der Waals surface area contributed by atoms with E-state index >= 15 is 4.39 Å². The number of carbonyl (C=O) groups excluding carboxylic acids is 2. The second-order valence-corrected chi connectivity index (χ2v) is 13.8. The van der Waals surface area contributed by atoms with Crippen molar-refractivity contribution in [3.8, 4) is 28.5 Å². The predicted molar refractivity (Wildman–Crippen MR) is 208 cm³/mol. The van der Waals surface area contributed by atoms with Gasteiger partial charge in [-0.25, -0.2) is 52.7 Å². The second-order valence-electron chi connectivity index (χ2n) is 13.8. The van der Waals surface area contributed by atoms with Gasteiger partial charge in [0, 0.05) is 72.6 Å². The number of benzene rings is 2. The van der Waals surface area contributed by atoms with Crippen LogP contribution in [0.5, 0.6) is 6.01 Å². The zero-order valence-electron chi connectivity index (χ0n) is 30.8. The molecule has 5 N–H and O–H groups in total. The zero-order valence-corrected chi connectivity index (χ0v) is 30.8. The lowest BCUT2D eigenvalue weighted by Crippen LogP contribution is -2.57. The van der Waals surface area contributed by atoms with Crippen LogP contribution in [0, 0.1) is 23.4 Å². The Morgan fingerprint density at radius 2 is 1.33 bits per heavy atom. The minimum absolute atomic E-state index is 0.00318. The van der Waals surface area contributed by atoms with Crippen LogP contribution in [-0.4, -0.2) is 84.0 Å². The van der Waals surface area contributed by atoms with Crippen molar-refractivity contribution in [1.82, 2.24) is 39.7 Å². The first-order valence-electron chi connectivity index (χ1n) is 18.2. The van der Waals surface area contributed by atoms with Crippen molar-refractivity contribution in [2.24, 2.45) is 5.92 Å². The largest absolute Gasteiger partial charge is 0.456 e. The summed E-state index contributed by atoms with van der Waals surface area (Å²) in [4.78, 5) is 55.1. The normalized spacial score (nSPS) is 14.6. The minimum Gasteiger partial charge on any atom is -0.456 e. The summed E-state index contributed by atoms with van der Waals surface area (Å²) in [7, 11) is 0. The van der Waals surface area contributed by atoms with Gasteiger partial charge in [-0.05, 0) is 66.7 Å². The maximum atomic E-state index is 15.8. The first kappa shape index (κ1) is 37.5. The number of anilines is 5. The monoisotopic (exact) mass is 788 g/mol. The van der Waals surface area contributed by atoms with Crippen molar-refractivity contribution >= 4 is 40.8 Å². The molecule has 8 rings (SSSR count). The molecule has 1 unspecified atom stereocenters. The van der Waals surface area contributed by atoms with Gasteiger partial charge in [0.2, 0.25) is 0 Å². The van der Waals surface area contributed by atoms with E-state index in [4.69, 9.17) is 10.5 Å². The number of likely N-dealkylation sites (tertiary alicyclic amines) is 2. The maximum absolute atomic E-state index is 15.8. The highest BCUT2D eigenvalue weighted by atomic mass is 19.1. The Hall–Kier alpha value is -7.37. The number of hydrogen-bond acceptors (Lipinski definition) is 11. The maximum Gasteiger partial charge on any atom is 0.323 e. The highest BCUT2D eigenvalue weighted by Crippen LogP contribution is 2.34. The van der Waals surface area contributed by atoms with Crippen LogP contribution in [0.2, 0.25) is 0 Å². The number of halogens is 3. The van der Waals surface area contributed by atoms with E-state index in [1.807, 2.05) is 6.92 Å². The third-order valence-electron chi connectivity index (χ3n) is 9.85. The molecule has 2 fully saturated rings. The van der Waals surface area contributed by atoms with Gasteiger partial charge in [-0.3, -0.25) is 10.6 Å². The molecule has 4 amide bonds. The van der Waals surface area contributed by atoms with Crippen LogP contribution in [0.25, 0.3) is 22.5 Å². The number of nitrogen functional groups attached to an aromatic ring is 1. The van der Waals surface area contributed by atoms with Gasteiger partial charge in [0.25, 0.3) is 0 Å². The molecule has 4 aromatic heterocycles. The molecule has 0 saturated carbocycles. The molecule has 0 aliphatic carbocycles. The Kier molecular flexibility index (Phi) is 10.4. The number of nitrogens with zero attached hydrogens (tertiary/aromatic N) is 8. The van der Waals surface area contributed by atoms with E-state index in [0.717, 1.165) is 18.0 Å². The first-order valence-corrected chi connectivity index (χ1v) is 18.2. The molecule has 18 heteroatoms. The molecule has 0 bridgehead atoms. The summed E-state index contributed by atoms with van der Waals surface area (Å²) < 4.78 is 50.0. The highest BCUT2D eigenvalue weighted by molar-refractivity contribution is 5.94. The zero-order chi connectivity index (χ0) is 40.3. The third-order valence-corrected chi connectivity index (χ3v) is 9.85. The second kappa shape index (κ2) is 16.0. The van der Waals surface area contributed by atoms with E-state index < -0.39 is 23.5 Å². The summed E-state index contributed by atoms with van der Waals surface area (Å²) in [5.41, 5.74) is 7.38. The number of urea groups is 2. The number of pyridine rings is 2. The molecule has 0 radical (unpaired) electrons. The average Bonchev–Trinajstić information content (AvgIpc) is 3.18. The number of ether oxygens (including phenoxy) is 1. The lowest BCUT2D eigenvalue weighted by molar-refractivity contribution is 0.0425. The topological polar surface area (TPSA) is 189 Å². The number of nitrogens with one attached hydrogen (secondary N) is 3. The molecule has 1 atom stereocenters. The number of nitrogens with two attached hydrogens (primary N) is 1. The lowest BCUT2D eigenvalue weighted by Gasteiger charge is -2.41. The van der Waals surface area contributed by atoms with Gasteiger partial charge >= 0.3 is 18.1 Å². The smallest absolute Gasteiger partial charge is 0.323 e. The van der Waals surface area contributed by atoms with E-state index in [1.165, 1.54) is 41.3 Å². The molecule has 58 heavy (non-hydrogen) atoms. The van der Waals surface area contributed by atoms with Crippen LogP contribution < -0.4 is 26.4 Å². The molecule has 2 aromatic carbocycles. The average molecular weight is 789 g/mol. The van der Waals surface area contributed by atoms with Crippen LogP contribution in [0.15, 0.2) is 97.6 Å². The molecule has 0 spiro atoms. The van der Waals surface area contributed by atoms with Gasteiger partial charge < -0.3 is 25.6 Å². The van der Waals surface area contributed by atoms with Crippen molar-refractivity contribution in [2.45, 2.75) is 18.9 Å². The van der Waals surface area contributed by atoms with Gasteiger partial charge in [0.1, 0.15) is 29.4 Å². The Labute approximate surface area is 329 Å². The fraction of sp³-hybridized carbons (Fsp3) is 0.200. The molecule has 2 aliphatic heterocycles. The molecular formula is C40H35F3N12O3. The summed E-state index contributed by atoms with van der Waals surface area (Å²) in [6, 6.07) is 16.2. The molecular weight excluding hydrogens is 754 g/mol. The number of amides is 4. The number of rotatable bonds is 10. The van der Waals surface area contributed by atoms with Crippen molar-refractivity contribution in [2.75, 3.05) is 47.9 Å². The molecule has 6 heterocycles. The summed E-state index contributed by atoms with van der Waals surface area (Å²) >= 11 is 0. The van der Waals surface area contributed by atoms with E-state index in [1.54, 1.807) is 54.0 Å². The van der Waals surface area contributed by atoms with Crippen LogP contribution in [0.4, 0.5) is 51.5 Å². The van der Waals surface area contributed by atoms with Crippen molar-refractivity contribution in [3.63, 3.8) is 0 Å². The van der Waals surface area contributed by atoms with Gasteiger partial charge in [-0.15, -0.1) is 0 Å². The lowest BCUT2D eigenvalue weighted by atomic mass is 9.86. The number of aromatic nitrogens is 6. The summed E-state index contributed by atoms with van der Waals surface area (Å²) in [5, 5.41) is 8.55. The van der Waals surface area contributed by atoms with E-state index in [2.05, 4.69) is 45.9 Å². The molecule has 6 aromatic rings. The van der Waals surface area contributed by atoms with Gasteiger partial charge in [-0.1, -0.05) is 6.92 Å². The van der Waals surface area contributed by atoms with Gasteiger partial charge in [0.15, 0.2) is 11.6 Å².